The van der Waals surface area contributed by atoms with E-state index in [0.29, 0.717) is 0 Å². The number of unbranched alkanes of at least 4 members (excludes halogenated alkanes) is 1. The molecule has 0 heterocycles. The summed E-state index contributed by atoms with van der Waals surface area (Å²) in [4.78, 5) is 12.8. The average Bonchev–Trinajstić information content (AvgIpc) is 2.30. The number of rotatable bonds is 6. The average molecular weight is 237 g/mol. The molecule has 0 bridgehead atoms. The lowest BCUT2D eigenvalue weighted by atomic mass is 10.3. The van der Waals surface area contributed by atoms with Crippen LogP contribution in [0.1, 0.15) is 26.7 Å². The Labute approximate surface area is 102 Å². The lowest BCUT2D eigenvalue weighted by Crippen LogP contribution is -2.31. The third-order valence-corrected chi connectivity index (χ3v) is 3.37. The molecule has 1 amide bonds. The van der Waals surface area contributed by atoms with Crippen LogP contribution in [-0.4, -0.2) is 17.7 Å². The van der Waals surface area contributed by atoms with E-state index in [1.54, 1.807) is 11.8 Å². The molecular weight excluding hydrogens is 218 g/mol. The first-order valence-electron chi connectivity index (χ1n) is 5.73. The molecule has 3 heteroatoms. The fourth-order valence-corrected chi connectivity index (χ4v) is 2.20. The lowest BCUT2D eigenvalue weighted by molar-refractivity contribution is -0.120. The first kappa shape index (κ1) is 13.1. The van der Waals surface area contributed by atoms with Crippen LogP contribution in [-0.2, 0) is 4.79 Å². The van der Waals surface area contributed by atoms with Crippen molar-refractivity contribution >= 4 is 17.7 Å². The Kier molecular flexibility index (Phi) is 6.01. The van der Waals surface area contributed by atoms with Crippen LogP contribution < -0.4 is 5.32 Å². The highest BCUT2D eigenvalue weighted by molar-refractivity contribution is 8.00. The van der Waals surface area contributed by atoms with Gasteiger partial charge in [0.25, 0.3) is 0 Å². The Bertz CT molecular complexity index is 313. The minimum Gasteiger partial charge on any atom is -0.355 e. The van der Waals surface area contributed by atoms with E-state index in [9.17, 15) is 4.79 Å². The molecule has 0 radical (unpaired) electrons. The number of nitrogens with one attached hydrogen (secondary N) is 1. The lowest BCUT2D eigenvalue weighted by Gasteiger charge is -2.11. The quantitative estimate of drug-likeness (QED) is 0.608. The molecule has 88 valence electrons. The van der Waals surface area contributed by atoms with Gasteiger partial charge in [0.1, 0.15) is 0 Å². The molecule has 0 aliphatic rings. The number of amides is 1. The monoisotopic (exact) mass is 237 g/mol. The molecule has 0 fully saturated rings. The summed E-state index contributed by atoms with van der Waals surface area (Å²) in [5.41, 5.74) is 0. The fourth-order valence-electron chi connectivity index (χ4n) is 1.29. The zero-order chi connectivity index (χ0) is 11.8. The number of benzene rings is 1. The van der Waals surface area contributed by atoms with Crippen LogP contribution in [0.5, 0.6) is 0 Å². The summed E-state index contributed by atoms with van der Waals surface area (Å²) in [6, 6.07) is 10.0. The van der Waals surface area contributed by atoms with Gasteiger partial charge < -0.3 is 5.32 Å². The normalized spacial score (nSPS) is 12.1. The highest BCUT2D eigenvalue weighted by Crippen LogP contribution is 2.22. The van der Waals surface area contributed by atoms with Gasteiger partial charge in [0.05, 0.1) is 5.25 Å². The van der Waals surface area contributed by atoms with Gasteiger partial charge in [-0.1, -0.05) is 31.5 Å². The van der Waals surface area contributed by atoms with E-state index < -0.39 is 0 Å². The molecule has 0 aliphatic carbocycles. The summed E-state index contributed by atoms with van der Waals surface area (Å²) in [6.45, 7) is 4.85. The zero-order valence-electron chi connectivity index (χ0n) is 9.90. The number of thioether (sulfide) groups is 1. The molecular formula is C13H19NOS. The van der Waals surface area contributed by atoms with Crippen molar-refractivity contribution in [3.63, 3.8) is 0 Å². The molecule has 1 aromatic carbocycles. The molecule has 0 aliphatic heterocycles. The molecule has 16 heavy (non-hydrogen) atoms. The van der Waals surface area contributed by atoms with Crippen molar-refractivity contribution in [2.75, 3.05) is 6.54 Å². The molecule has 1 atom stereocenters. The van der Waals surface area contributed by atoms with Gasteiger partial charge in [-0.05, 0) is 25.5 Å². The molecule has 2 nitrogen and oxygen atoms in total. The summed E-state index contributed by atoms with van der Waals surface area (Å²) in [5.74, 6) is 0.127. The molecule has 1 unspecified atom stereocenters. The van der Waals surface area contributed by atoms with Crippen molar-refractivity contribution in [3.8, 4) is 0 Å². The van der Waals surface area contributed by atoms with E-state index in [1.807, 2.05) is 37.3 Å². The van der Waals surface area contributed by atoms with Gasteiger partial charge in [0.15, 0.2) is 0 Å². The summed E-state index contributed by atoms with van der Waals surface area (Å²) >= 11 is 1.60. The molecule has 0 saturated heterocycles. The van der Waals surface area contributed by atoms with E-state index in [2.05, 4.69) is 12.2 Å². The van der Waals surface area contributed by atoms with Gasteiger partial charge in [-0.15, -0.1) is 11.8 Å². The Morgan fingerprint density at radius 2 is 2.06 bits per heavy atom. The van der Waals surface area contributed by atoms with Crippen molar-refractivity contribution in [2.24, 2.45) is 0 Å². The maximum absolute atomic E-state index is 11.7. The molecule has 0 aromatic heterocycles. The second kappa shape index (κ2) is 7.34. The maximum atomic E-state index is 11.7. The van der Waals surface area contributed by atoms with Crippen molar-refractivity contribution < 1.29 is 4.79 Å². The van der Waals surface area contributed by atoms with Crippen LogP contribution >= 0.6 is 11.8 Å². The van der Waals surface area contributed by atoms with Gasteiger partial charge in [-0.25, -0.2) is 0 Å². The van der Waals surface area contributed by atoms with Crippen molar-refractivity contribution in [1.29, 1.82) is 0 Å². The Balaban J connectivity index is 2.34. The summed E-state index contributed by atoms with van der Waals surface area (Å²) in [6.07, 6.45) is 2.16. The van der Waals surface area contributed by atoms with Crippen LogP contribution in [0, 0.1) is 0 Å². The summed E-state index contributed by atoms with van der Waals surface area (Å²) < 4.78 is 0. The first-order valence-corrected chi connectivity index (χ1v) is 6.61. The molecule has 0 spiro atoms. The zero-order valence-corrected chi connectivity index (χ0v) is 10.7. The standard InChI is InChI=1S/C13H19NOS/c1-3-4-10-14-13(15)11(2)16-12-8-6-5-7-9-12/h5-9,11H,3-4,10H2,1-2H3,(H,14,15). The third-order valence-electron chi connectivity index (χ3n) is 2.25. The van der Waals surface area contributed by atoms with Gasteiger partial charge in [-0.2, -0.15) is 0 Å². The van der Waals surface area contributed by atoms with Crippen LogP contribution in [0.2, 0.25) is 0 Å². The first-order chi connectivity index (χ1) is 7.74. The molecule has 1 rings (SSSR count). The Morgan fingerprint density at radius 3 is 2.69 bits per heavy atom. The predicted molar refractivity (Wildman–Crippen MR) is 69.7 cm³/mol. The SMILES string of the molecule is CCCCNC(=O)C(C)Sc1ccccc1. The number of hydrogen-bond donors (Lipinski definition) is 1. The van der Waals surface area contributed by atoms with E-state index in [1.165, 1.54) is 0 Å². The number of carbonyl (C=O) groups is 1. The third kappa shape index (κ3) is 4.71. The van der Waals surface area contributed by atoms with E-state index in [0.717, 1.165) is 24.3 Å². The van der Waals surface area contributed by atoms with Crippen LogP contribution in [0.4, 0.5) is 0 Å². The van der Waals surface area contributed by atoms with Crippen molar-refractivity contribution in [3.05, 3.63) is 30.3 Å². The predicted octanol–water partition coefficient (Wildman–Crippen LogP) is 3.08. The van der Waals surface area contributed by atoms with Crippen molar-refractivity contribution in [2.45, 2.75) is 36.8 Å². The highest BCUT2D eigenvalue weighted by atomic mass is 32.2. The molecule has 0 saturated carbocycles. The largest absolute Gasteiger partial charge is 0.355 e. The van der Waals surface area contributed by atoms with Gasteiger partial charge in [-0.3, -0.25) is 4.79 Å². The summed E-state index contributed by atoms with van der Waals surface area (Å²) in [7, 11) is 0. The van der Waals surface area contributed by atoms with Gasteiger partial charge >= 0.3 is 0 Å². The topological polar surface area (TPSA) is 29.1 Å². The van der Waals surface area contributed by atoms with Gasteiger partial charge in [0, 0.05) is 11.4 Å². The second-order valence-electron chi connectivity index (χ2n) is 3.72. The minimum atomic E-state index is -0.0285. The number of hydrogen-bond acceptors (Lipinski definition) is 2. The van der Waals surface area contributed by atoms with E-state index in [4.69, 9.17) is 0 Å². The van der Waals surface area contributed by atoms with E-state index >= 15 is 0 Å². The van der Waals surface area contributed by atoms with Gasteiger partial charge in [0.2, 0.25) is 5.91 Å². The van der Waals surface area contributed by atoms with Crippen LogP contribution in [0.3, 0.4) is 0 Å². The fraction of sp³-hybridized carbons (Fsp3) is 0.462. The maximum Gasteiger partial charge on any atom is 0.233 e. The summed E-state index contributed by atoms with van der Waals surface area (Å²) in [5, 5.41) is 2.92. The highest BCUT2D eigenvalue weighted by Gasteiger charge is 2.12. The molecule has 1 aromatic rings. The van der Waals surface area contributed by atoms with Crippen LogP contribution in [0.15, 0.2) is 35.2 Å². The Morgan fingerprint density at radius 1 is 1.38 bits per heavy atom. The second-order valence-corrected chi connectivity index (χ2v) is 5.13. The van der Waals surface area contributed by atoms with E-state index in [-0.39, 0.29) is 11.2 Å². The minimum absolute atomic E-state index is 0.0285. The molecule has 1 N–H and O–H groups in total. The number of carbonyl (C=O) groups excluding carboxylic acids is 1. The smallest absolute Gasteiger partial charge is 0.233 e. The van der Waals surface area contributed by atoms with Crippen molar-refractivity contribution in [1.82, 2.24) is 5.32 Å². The van der Waals surface area contributed by atoms with Crippen LogP contribution in [0.25, 0.3) is 0 Å². The Hall–Kier alpha value is -0.960.